The summed E-state index contributed by atoms with van der Waals surface area (Å²) in [4.78, 5) is 70.7. The Morgan fingerprint density at radius 1 is 0.585 bits per heavy atom. The first-order valence-electron chi connectivity index (χ1n) is 28.3. The molecule has 2 aliphatic heterocycles. The van der Waals surface area contributed by atoms with Crippen LogP contribution in [-0.4, -0.2) is 126 Å². The van der Waals surface area contributed by atoms with Gasteiger partial charge in [-0.2, -0.15) is 0 Å². The van der Waals surface area contributed by atoms with Crippen molar-refractivity contribution in [2.45, 2.75) is 81.1 Å². The molecule has 9 rings (SSSR count). The number of nitrogens with one attached hydrogen (secondary N) is 4. The highest BCUT2D eigenvalue weighted by Gasteiger charge is 2.37. The molecule has 7 aromatic rings. The van der Waals surface area contributed by atoms with Gasteiger partial charge in [0.2, 0.25) is 11.8 Å². The van der Waals surface area contributed by atoms with E-state index in [9.17, 15) is 19.2 Å². The molecule has 6 aromatic carbocycles. The lowest BCUT2D eigenvalue weighted by Gasteiger charge is -2.31. The lowest BCUT2D eigenvalue weighted by Crippen LogP contribution is -2.54. The van der Waals surface area contributed by atoms with Crippen molar-refractivity contribution >= 4 is 46.5 Å². The zero-order chi connectivity index (χ0) is 57.6. The van der Waals surface area contributed by atoms with Crippen LogP contribution in [0.1, 0.15) is 94.0 Å². The summed E-state index contributed by atoms with van der Waals surface area (Å²) in [6.45, 7) is 5.36. The molecule has 82 heavy (non-hydrogen) atoms. The predicted octanol–water partition coefficient (Wildman–Crippen LogP) is 6.27. The van der Waals surface area contributed by atoms with Gasteiger partial charge >= 0.3 is 0 Å². The summed E-state index contributed by atoms with van der Waals surface area (Å²) in [6.07, 6.45) is 3.19. The van der Waals surface area contributed by atoms with Crippen molar-refractivity contribution in [1.29, 1.82) is 0 Å². The van der Waals surface area contributed by atoms with Crippen LogP contribution in [0.15, 0.2) is 198 Å². The molecule has 2 fully saturated rings. The largest absolute Gasteiger partial charge is 0.370 e. The van der Waals surface area contributed by atoms with Crippen molar-refractivity contribution < 1.29 is 19.2 Å². The van der Waals surface area contributed by atoms with Gasteiger partial charge in [-0.05, 0) is 78.6 Å². The first kappa shape index (κ1) is 59.2. The van der Waals surface area contributed by atoms with Gasteiger partial charge < -0.3 is 48.7 Å². The first-order valence-corrected chi connectivity index (χ1v) is 28.3. The summed E-state index contributed by atoms with van der Waals surface area (Å²) in [7, 11) is 0. The van der Waals surface area contributed by atoms with Crippen LogP contribution in [0.3, 0.4) is 0 Å². The molecule has 3 heterocycles. The minimum Gasteiger partial charge on any atom is -0.370 e. The third-order valence-electron chi connectivity index (χ3n) is 15.1. The van der Waals surface area contributed by atoms with Gasteiger partial charge in [0.25, 0.3) is 11.8 Å². The average molecular weight is 1100 g/mol. The van der Waals surface area contributed by atoms with Crippen molar-refractivity contribution in [3.63, 3.8) is 0 Å². The van der Waals surface area contributed by atoms with Crippen LogP contribution < -0.4 is 44.2 Å². The number of fused-ring (bicyclic) bond motifs is 1. The number of rotatable bonds is 21. The van der Waals surface area contributed by atoms with Gasteiger partial charge in [-0.1, -0.05) is 171 Å². The minimum atomic E-state index is -0.650. The van der Waals surface area contributed by atoms with E-state index in [0.29, 0.717) is 82.8 Å². The number of carbonyl (C=O) groups is 4. The van der Waals surface area contributed by atoms with Crippen molar-refractivity contribution in [1.82, 2.24) is 36.1 Å². The molecule has 1 unspecified atom stereocenters. The zero-order valence-electron chi connectivity index (χ0n) is 46.6. The quantitative estimate of drug-likeness (QED) is 0.0226. The van der Waals surface area contributed by atoms with Crippen LogP contribution in [0.2, 0.25) is 0 Å². The number of carbonyl (C=O) groups excluding carboxylic acids is 4. The number of hydrogen-bond donors (Lipinski definition) is 8. The molecule has 17 heteroatoms. The van der Waals surface area contributed by atoms with E-state index in [1.54, 1.807) is 18.2 Å². The fourth-order valence-corrected chi connectivity index (χ4v) is 10.8. The van der Waals surface area contributed by atoms with Gasteiger partial charge in [-0.3, -0.25) is 29.5 Å². The van der Waals surface area contributed by atoms with E-state index in [1.165, 1.54) is 11.1 Å². The third-order valence-corrected chi connectivity index (χ3v) is 15.1. The molecule has 2 aliphatic rings. The molecule has 0 radical (unpaired) electrons. The lowest BCUT2D eigenvalue weighted by molar-refractivity contribution is -0.134. The Hall–Kier alpha value is -8.93. The molecule has 12 N–H and O–H groups in total. The van der Waals surface area contributed by atoms with Gasteiger partial charge in [-0.15, -0.1) is 0 Å². The number of aliphatic imine (C=N–C) groups is 2. The van der Waals surface area contributed by atoms with E-state index in [2.05, 4.69) is 84.8 Å². The van der Waals surface area contributed by atoms with Gasteiger partial charge in [-0.25, -0.2) is 9.98 Å². The highest BCUT2D eigenvalue weighted by atomic mass is 16.2. The molecule has 0 spiro atoms. The minimum absolute atomic E-state index is 0.00890. The number of aromatic nitrogens is 1. The number of benzene rings is 6. The molecule has 4 amide bonds. The Kier molecular flexibility index (Phi) is 21.7. The summed E-state index contributed by atoms with van der Waals surface area (Å²) < 4.78 is 0. The van der Waals surface area contributed by atoms with Gasteiger partial charge in [0.1, 0.15) is 11.7 Å². The number of nitrogens with two attached hydrogens (primary N) is 4. The summed E-state index contributed by atoms with van der Waals surface area (Å²) in [5, 5.41) is 14.1. The topological polar surface area (TPSA) is 265 Å². The van der Waals surface area contributed by atoms with Crippen LogP contribution in [0.5, 0.6) is 0 Å². The van der Waals surface area contributed by atoms with Crippen LogP contribution in [0, 0.1) is 0 Å². The fraction of sp³-hybridized carbons (Fsp3) is 0.308. The molecule has 0 saturated carbocycles. The van der Waals surface area contributed by atoms with Crippen LogP contribution >= 0.6 is 0 Å². The standard InChI is InChI=1S/C34H39N7O2.C31H38N6O2/c1-2-28(40-34(35)36)31-33(43)41(22-27(23-11-5-3-6-12-23)24-13-7-4-8-14-24)20-19-26(38-31)21-37-32(42)30-18-17-25-15-9-10-16-29(25)39-30;32-31(33)34-19-10-17-28-30(39)37(20-18-26(36-28)21-35-29(38)25-15-8-3-9-16-25)22-27(23-11-4-1-5-12-23)24-13-6-2-7-14-24/h3-18,26-28,31,38H,2,19-22H2,1H3,(H,37,42)(H4,35,36,40);1-9,11-16,26-28,36H,10,17-22H2,(H,35,38)(H4,32,33,34)/t26-,28?,31-;26-,28-/m00/s1. The highest BCUT2D eigenvalue weighted by molar-refractivity contribution is 5.95. The number of para-hydroxylation sites is 1. The molecule has 2 saturated heterocycles. The van der Waals surface area contributed by atoms with Crippen molar-refractivity contribution in [3.05, 3.63) is 222 Å². The second-order valence-electron chi connectivity index (χ2n) is 20.8. The van der Waals surface area contributed by atoms with E-state index in [-0.39, 0.29) is 59.5 Å². The van der Waals surface area contributed by atoms with Crippen LogP contribution in [0.4, 0.5) is 0 Å². The monoisotopic (exact) mass is 1100 g/mol. The summed E-state index contributed by atoms with van der Waals surface area (Å²) in [6, 6.07) is 59.9. The Labute approximate surface area is 481 Å². The van der Waals surface area contributed by atoms with Gasteiger partial charge in [0, 0.05) is 80.7 Å². The normalized spacial score (nSPS) is 17.6. The molecule has 1 aromatic heterocycles. The maximum absolute atomic E-state index is 14.2. The third kappa shape index (κ3) is 16.8. The smallest absolute Gasteiger partial charge is 0.269 e. The second-order valence-corrected chi connectivity index (χ2v) is 20.8. The molecular formula is C65H77N13O4. The molecular weight excluding hydrogens is 1030 g/mol. The Balaban J connectivity index is 0.000000216. The van der Waals surface area contributed by atoms with E-state index < -0.39 is 18.1 Å². The molecule has 17 nitrogen and oxygen atoms in total. The van der Waals surface area contributed by atoms with Gasteiger partial charge in [0.15, 0.2) is 11.9 Å². The summed E-state index contributed by atoms with van der Waals surface area (Å²) >= 11 is 0. The zero-order valence-corrected chi connectivity index (χ0v) is 46.6. The number of hydrogen-bond acceptors (Lipinski definition) is 9. The van der Waals surface area contributed by atoms with Crippen molar-refractivity contribution in [3.8, 4) is 0 Å². The van der Waals surface area contributed by atoms with E-state index in [4.69, 9.17) is 22.9 Å². The van der Waals surface area contributed by atoms with Gasteiger partial charge in [0.05, 0.1) is 17.6 Å². The maximum atomic E-state index is 14.2. The van der Waals surface area contributed by atoms with Crippen molar-refractivity contribution in [2.75, 3.05) is 45.8 Å². The number of pyridine rings is 1. The molecule has 5 atom stereocenters. The number of amides is 4. The Morgan fingerprint density at radius 3 is 1.57 bits per heavy atom. The van der Waals surface area contributed by atoms with E-state index in [0.717, 1.165) is 28.5 Å². The fourth-order valence-electron chi connectivity index (χ4n) is 10.8. The maximum Gasteiger partial charge on any atom is 0.269 e. The first-order chi connectivity index (χ1) is 39.9. The van der Waals surface area contributed by atoms with Crippen molar-refractivity contribution in [2.24, 2.45) is 32.9 Å². The number of guanidine groups is 2. The molecule has 0 aliphatic carbocycles. The molecule has 426 valence electrons. The average Bonchev–Trinajstić information content (AvgIpc) is 3.90. The predicted molar refractivity (Wildman–Crippen MR) is 326 cm³/mol. The summed E-state index contributed by atoms with van der Waals surface area (Å²) in [5.41, 5.74) is 28.9. The van der Waals surface area contributed by atoms with E-state index in [1.807, 2.05) is 138 Å². The SMILES string of the molecule is CCC(N=C(N)N)[C@@H]1N[C@H](CNC(=O)c2ccc3ccccc3n2)CCN(CC(c2ccccc2)c2ccccc2)C1=O.NC(N)=NCCC[C@@H]1N[C@H](CNC(=O)c2ccccc2)CCN(CC(c2ccccc2)c2ccccc2)C1=O. The molecule has 0 bridgehead atoms. The number of nitrogens with zero attached hydrogens (tertiary/aromatic N) is 5. The highest BCUT2D eigenvalue weighted by Crippen LogP contribution is 2.29. The Bertz CT molecular complexity index is 3120. The van der Waals surface area contributed by atoms with Crippen LogP contribution in [-0.2, 0) is 9.59 Å². The van der Waals surface area contributed by atoms with E-state index >= 15 is 0 Å². The lowest BCUT2D eigenvalue weighted by atomic mass is 9.90. The Morgan fingerprint density at radius 2 is 1.06 bits per heavy atom. The summed E-state index contributed by atoms with van der Waals surface area (Å²) in [5.74, 6) is -0.350. The second kappa shape index (κ2) is 30.0. The van der Waals surface area contributed by atoms with Crippen LogP contribution in [0.25, 0.3) is 10.9 Å².